The second-order valence-corrected chi connectivity index (χ2v) is 9.76. The van der Waals surface area contributed by atoms with E-state index in [0.29, 0.717) is 36.2 Å². The van der Waals surface area contributed by atoms with Crippen molar-refractivity contribution in [1.82, 2.24) is 9.97 Å². The molecular formula is C19H25ClN4O3S. The molecule has 1 aromatic heterocycles. The van der Waals surface area contributed by atoms with Gasteiger partial charge >= 0.3 is 0 Å². The summed E-state index contributed by atoms with van der Waals surface area (Å²) in [6.45, 7) is 7.41. The van der Waals surface area contributed by atoms with Crippen LogP contribution in [0.1, 0.15) is 29.8 Å². The zero-order chi connectivity index (χ0) is 20.6. The van der Waals surface area contributed by atoms with Gasteiger partial charge in [0.05, 0.1) is 29.2 Å². The number of nitrogens with two attached hydrogens (primary N) is 1. The topological polar surface area (TPSA) is 98.4 Å². The van der Waals surface area contributed by atoms with E-state index >= 15 is 0 Å². The molecule has 0 radical (unpaired) electrons. The molecule has 2 atom stereocenters. The zero-order valence-electron chi connectivity index (χ0n) is 16.4. The molecule has 3 rings (SSSR count). The number of aromatic nitrogens is 2. The van der Waals surface area contributed by atoms with Gasteiger partial charge in [0.25, 0.3) is 0 Å². The highest BCUT2D eigenvalue weighted by atomic mass is 35.5. The molecule has 1 fully saturated rings. The fourth-order valence-corrected chi connectivity index (χ4v) is 4.89. The standard InChI is InChI=1S/C19H25ClN4O3S/c1-11-8-24(17-7-12(2)22-19(21)23-17)15(10-27-9-11)14-5-6-16(28(4,25)26)13(3)18(14)20/h5-7,11,15H,8-10H2,1-4H3,(H2,21,22,23). The minimum absolute atomic E-state index is 0.210. The van der Waals surface area contributed by atoms with Crippen LogP contribution in [0, 0.1) is 19.8 Å². The van der Waals surface area contributed by atoms with Crippen molar-refractivity contribution in [3.63, 3.8) is 0 Å². The average Bonchev–Trinajstić information content (AvgIpc) is 2.77. The number of aryl methyl sites for hydroxylation is 1. The van der Waals surface area contributed by atoms with E-state index in [2.05, 4.69) is 21.8 Å². The Hall–Kier alpha value is -1.90. The normalized spacial score (nSPS) is 20.8. The van der Waals surface area contributed by atoms with Crippen molar-refractivity contribution in [2.75, 3.05) is 36.6 Å². The van der Waals surface area contributed by atoms with Crippen molar-refractivity contribution in [2.24, 2.45) is 5.92 Å². The molecule has 0 saturated carbocycles. The molecule has 7 nitrogen and oxygen atoms in total. The highest BCUT2D eigenvalue weighted by Gasteiger charge is 2.30. The summed E-state index contributed by atoms with van der Waals surface area (Å²) >= 11 is 6.64. The smallest absolute Gasteiger partial charge is 0.222 e. The molecule has 0 aliphatic carbocycles. The molecule has 2 unspecified atom stereocenters. The molecule has 0 spiro atoms. The Labute approximate surface area is 170 Å². The lowest BCUT2D eigenvalue weighted by molar-refractivity contribution is 0.114. The zero-order valence-corrected chi connectivity index (χ0v) is 18.0. The first-order chi connectivity index (χ1) is 13.1. The first-order valence-electron chi connectivity index (χ1n) is 9.02. The molecule has 152 valence electrons. The predicted octanol–water partition coefficient (Wildman–Crippen LogP) is 2.95. The summed E-state index contributed by atoms with van der Waals surface area (Å²) < 4.78 is 29.9. The second kappa shape index (κ2) is 7.85. The summed E-state index contributed by atoms with van der Waals surface area (Å²) in [4.78, 5) is 10.9. The van der Waals surface area contributed by atoms with E-state index in [4.69, 9.17) is 22.1 Å². The molecule has 1 saturated heterocycles. The van der Waals surface area contributed by atoms with Crippen molar-refractivity contribution in [3.8, 4) is 0 Å². The van der Waals surface area contributed by atoms with Crippen LogP contribution in [0.15, 0.2) is 23.1 Å². The van der Waals surface area contributed by atoms with Crippen LogP contribution in [-0.4, -0.2) is 44.4 Å². The maximum absolute atomic E-state index is 12.0. The molecular weight excluding hydrogens is 400 g/mol. The molecule has 2 heterocycles. The molecule has 28 heavy (non-hydrogen) atoms. The quantitative estimate of drug-likeness (QED) is 0.808. The number of nitrogens with zero attached hydrogens (tertiary/aromatic N) is 3. The number of sulfone groups is 1. The van der Waals surface area contributed by atoms with Gasteiger partial charge in [0.2, 0.25) is 5.95 Å². The number of nitrogen functional groups attached to an aromatic ring is 1. The minimum Gasteiger partial charge on any atom is -0.379 e. The fourth-order valence-electron chi connectivity index (χ4n) is 3.57. The van der Waals surface area contributed by atoms with Gasteiger partial charge < -0.3 is 15.4 Å². The number of hydrogen-bond donors (Lipinski definition) is 1. The summed E-state index contributed by atoms with van der Waals surface area (Å²) in [7, 11) is -3.36. The Balaban J connectivity index is 2.12. The summed E-state index contributed by atoms with van der Waals surface area (Å²) in [5, 5.41) is 0.426. The second-order valence-electron chi connectivity index (χ2n) is 7.40. The van der Waals surface area contributed by atoms with Crippen LogP contribution in [0.4, 0.5) is 11.8 Å². The lowest BCUT2D eigenvalue weighted by Crippen LogP contribution is -2.34. The van der Waals surface area contributed by atoms with Gasteiger partial charge in [0, 0.05) is 24.6 Å². The Bertz CT molecular complexity index is 977. The molecule has 2 aromatic rings. The van der Waals surface area contributed by atoms with Gasteiger partial charge in [-0.05, 0) is 37.0 Å². The van der Waals surface area contributed by atoms with Crippen LogP contribution in [-0.2, 0) is 14.6 Å². The lowest BCUT2D eigenvalue weighted by atomic mass is 10.0. The van der Waals surface area contributed by atoms with Gasteiger partial charge in [-0.25, -0.2) is 13.4 Å². The Morgan fingerprint density at radius 3 is 2.61 bits per heavy atom. The fraction of sp³-hybridized carbons (Fsp3) is 0.474. The molecule has 1 aliphatic rings. The summed E-state index contributed by atoms with van der Waals surface area (Å²) in [6, 6.07) is 5.03. The maximum Gasteiger partial charge on any atom is 0.222 e. The lowest BCUT2D eigenvalue weighted by Gasteiger charge is -2.33. The van der Waals surface area contributed by atoms with Gasteiger partial charge in [0.1, 0.15) is 5.82 Å². The largest absolute Gasteiger partial charge is 0.379 e. The van der Waals surface area contributed by atoms with E-state index in [-0.39, 0.29) is 22.8 Å². The Morgan fingerprint density at radius 2 is 1.96 bits per heavy atom. The maximum atomic E-state index is 12.0. The van der Waals surface area contributed by atoms with Gasteiger partial charge in [-0.15, -0.1) is 0 Å². The monoisotopic (exact) mass is 424 g/mol. The van der Waals surface area contributed by atoms with E-state index in [0.717, 1.165) is 11.3 Å². The molecule has 0 bridgehead atoms. The van der Waals surface area contributed by atoms with Crippen molar-refractivity contribution >= 4 is 33.2 Å². The number of halogens is 1. The Kier molecular flexibility index (Phi) is 5.84. The summed E-state index contributed by atoms with van der Waals surface area (Å²) in [5.74, 6) is 1.19. The van der Waals surface area contributed by atoms with Gasteiger partial charge in [-0.3, -0.25) is 0 Å². The van der Waals surface area contributed by atoms with Crippen molar-refractivity contribution in [2.45, 2.75) is 31.7 Å². The van der Waals surface area contributed by atoms with Crippen molar-refractivity contribution in [1.29, 1.82) is 0 Å². The summed E-state index contributed by atoms with van der Waals surface area (Å²) in [5.41, 5.74) is 7.99. The van der Waals surface area contributed by atoms with Crippen LogP contribution < -0.4 is 10.6 Å². The van der Waals surface area contributed by atoms with Crippen LogP contribution in [0.3, 0.4) is 0 Å². The van der Waals surface area contributed by atoms with Gasteiger partial charge in [-0.1, -0.05) is 24.6 Å². The minimum atomic E-state index is -3.36. The van der Waals surface area contributed by atoms with Crippen LogP contribution >= 0.6 is 11.6 Å². The predicted molar refractivity (Wildman–Crippen MR) is 111 cm³/mol. The van der Waals surface area contributed by atoms with E-state index in [1.807, 2.05) is 13.0 Å². The Morgan fingerprint density at radius 1 is 1.25 bits per heavy atom. The van der Waals surface area contributed by atoms with Crippen molar-refractivity contribution < 1.29 is 13.2 Å². The highest BCUT2D eigenvalue weighted by Crippen LogP contribution is 2.37. The third-order valence-electron chi connectivity index (χ3n) is 4.84. The van der Waals surface area contributed by atoms with Gasteiger partial charge in [0.15, 0.2) is 9.84 Å². The first kappa shape index (κ1) is 20.8. The SMILES string of the molecule is Cc1cc(N2CC(C)COCC2c2ccc(S(C)(=O)=O)c(C)c2Cl)nc(N)n1. The number of ether oxygens (including phenoxy) is 1. The number of hydrogen-bond acceptors (Lipinski definition) is 7. The van der Waals surface area contributed by atoms with Crippen molar-refractivity contribution in [3.05, 3.63) is 40.0 Å². The van der Waals surface area contributed by atoms with E-state index in [1.165, 1.54) is 6.26 Å². The highest BCUT2D eigenvalue weighted by molar-refractivity contribution is 7.90. The summed E-state index contributed by atoms with van der Waals surface area (Å²) in [6.07, 6.45) is 1.18. The molecule has 1 aromatic carbocycles. The number of anilines is 2. The molecule has 0 amide bonds. The van der Waals surface area contributed by atoms with Crippen LogP contribution in [0.5, 0.6) is 0 Å². The molecule has 9 heteroatoms. The van der Waals surface area contributed by atoms with E-state index < -0.39 is 9.84 Å². The van der Waals surface area contributed by atoms with Crippen LogP contribution in [0.2, 0.25) is 5.02 Å². The third-order valence-corrected chi connectivity index (χ3v) is 6.58. The molecule has 1 aliphatic heterocycles. The number of rotatable bonds is 3. The van der Waals surface area contributed by atoms with E-state index in [9.17, 15) is 8.42 Å². The van der Waals surface area contributed by atoms with Crippen LogP contribution in [0.25, 0.3) is 0 Å². The third kappa shape index (κ3) is 4.24. The average molecular weight is 425 g/mol. The molecule has 2 N–H and O–H groups in total. The van der Waals surface area contributed by atoms with E-state index in [1.54, 1.807) is 19.1 Å². The first-order valence-corrected chi connectivity index (χ1v) is 11.3. The number of benzene rings is 1. The van der Waals surface area contributed by atoms with Gasteiger partial charge in [-0.2, -0.15) is 4.98 Å².